The Morgan fingerprint density at radius 3 is 2.30 bits per heavy atom. The number of ether oxygens (including phenoxy) is 2. The molecule has 0 spiro atoms. The predicted octanol–water partition coefficient (Wildman–Crippen LogP) is 1.70. The smallest absolute Gasteiger partial charge is 0.160 e. The zero-order chi connectivity index (χ0) is 9.90. The van der Waals surface area contributed by atoms with E-state index in [0.717, 1.165) is 0 Å². The molecule has 2 nitrogen and oxygen atoms in total. The molecule has 0 atom stereocenters. The monoisotopic (exact) mass is 141 g/mol. The van der Waals surface area contributed by atoms with Crippen LogP contribution in [0, 0.1) is 0 Å². The van der Waals surface area contributed by atoms with Crippen LogP contribution >= 0.6 is 0 Å². The van der Waals surface area contributed by atoms with Gasteiger partial charge >= 0.3 is 0 Å². The lowest BCUT2D eigenvalue weighted by Gasteiger charge is -2.04. The normalized spacial score (nSPS) is 14.7. The molecule has 0 aliphatic heterocycles. The van der Waals surface area contributed by atoms with Gasteiger partial charge < -0.3 is 9.47 Å². The van der Waals surface area contributed by atoms with Crippen LogP contribution in [-0.2, 0) is 0 Å². The Hall–Kier alpha value is -1.18. The summed E-state index contributed by atoms with van der Waals surface area (Å²) in [6.45, 7) is 0. The van der Waals surface area contributed by atoms with Crippen molar-refractivity contribution < 1.29 is 13.6 Å². The van der Waals surface area contributed by atoms with E-state index in [0.29, 0.717) is 5.75 Å². The van der Waals surface area contributed by atoms with Crippen LogP contribution in [0.4, 0.5) is 0 Å². The summed E-state index contributed by atoms with van der Waals surface area (Å²) in [7, 11) is -0.976. The second kappa shape index (κ2) is 3.11. The van der Waals surface area contributed by atoms with Crippen LogP contribution in [0.3, 0.4) is 0 Å². The highest BCUT2D eigenvalue weighted by atomic mass is 16.5. The third kappa shape index (κ3) is 1.21. The van der Waals surface area contributed by atoms with Crippen molar-refractivity contribution in [3.8, 4) is 11.5 Å². The number of hydrogen-bond donors (Lipinski definition) is 0. The van der Waals surface area contributed by atoms with Crippen LogP contribution in [0.25, 0.3) is 0 Å². The SMILES string of the molecule is [2H]C([2H])([2H])Oc1ccccc1OC. The minimum absolute atomic E-state index is 0.227. The second-order valence-electron chi connectivity index (χ2n) is 1.75. The maximum atomic E-state index is 6.90. The van der Waals surface area contributed by atoms with Gasteiger partial charge in [-0.3, -0.25) is 0 Å². The Morgan fingerprint density at radius 2 is 1.80 bits per heavy atom. The van der Waals surface area contributed by atoms with Gasteiger partial charge in [0.05, 0.1) is 18.3 Å². The molecule has 0 amide bonds. The molecule has 0 saturated carbocycles. The van der Waals surface area contributed by atoms with Crippen LogP contribution in [0.15, 0.2) is 24.3 Å². The molecule has 0 bridgehead atoms. The standard InChI is InChI=1S/C8H10O2/c1-9-7-5-3-4-6-8(7)10-2/h3-6H,1-2H3/i1D3. The second-order valence-corrected chi connectivity index (χ2v) is 1.75. The molecule has 0 saturated heterocycles. The fraction of sp³-hybridized carbons (Fsp3) is 0.250. The summed E-state index contributed by atoms with van der Waals surface area (Å²) < 4.78 is 30.3. The number of rotatable bonds is 2. The zero-order valence-electron chi connectivity index (χ0n) is 8.63. The molecule has 10 heavy (non-hydrogen) atoms. The first kappa shape index (κ1) is 3.86. The van der Waals surface area contributed by atoms with Gasteiger partial charge in [0, 0.05) is 0 Å². The maximum Gasteiger partial charge on any atom is 0.160 e. The van der Waals surface area contributed by atoms with Crippen molar-refractivity contribution in [2.24, 2.45) is 0 Å². The first-order valence-electron chi connectivity index (χ1n) is 4.35. The van der Waals surface area contributed by atoms with Crippen LogP contribution in [0.2, 0.25) is 0 Å². The maximum absolute atomic E-state index is 6.90. The molecule has 0 unspecified atom stereocenters. The summed E-state index contributed by atoms with van der Waals surface area (Å²) in [5.41, 5.74) is 0. The molecule has 0 aromatic heterocycles. The van der Waals surface area contributed by atoms with Gasteiger partial charge in [-0.1, -0.05) is 12.1 Å². The van der Waals surface area contributed by atoms with Gasteiger partial charge in [0.15, 0.2) is 11.5 Å². The summed E-state index contributed by atoms with van der Waals surface area (Å²) >= 11 is 0. The Labute approximate surface area is 64.6 Å². The Morgan fingerprint density at radius 1 is 1.20 bits per heavy atom. The van der Waals surface area contributed by atoms with E-state index in [9.17, 15) is 0 Å². The van der Waals surface area contributed by atoms with Crippen LogP contribution in [0.5, 0.6) is 11.5 Å². The summed E-state index contributed by atoms with van der Waals surface area (Å²) in [5, 5.41) is 0. The summed E-state index contributed by atoms with van der Waals surface area (Å²) in [6, 6.07) is 6.61. The van der Waals surface area contributed by atoms with E-state index in [1.807, 2.05) is 0 Å². The van der Waals surface area contributed by atoms with E-state index >= 15 is 0 Å². The van der Waals surface area contributed by atoms with Crippen LogP contribution in [0.1, 0.15) is 4.11 Å². The van der Waals surface area contributed by atoms with Gasteiger partial charge in [-0.05, 0) is 12.1 Å². The van der Waals surface area contributed by atoms with Gasteiger partial charge in [-0.15, -0.1) is 0 Å². The topological polar surface area (TPSA) is 18.5 Å². The first-order valence-corrected chi connectivity index (χ1v) is 2.85. The lowest BCUT2D eigenvalue weighted by atomic mass is 10.3. The summed E-state index contributed by atoms with van der Waals surface area (Å²) in [6.07, 6.45) is 0. The first-order chi connectivity index (χ1) is 6.03. The van der Waals surface area contributed by atoms with Gasteiger partial charge in [0.2, 0.25) is 0 Å². The van der Waals surface area contributed by atoms with E-state index in [1.165, 1.54) is 7.11 Å². The number of para-hydroxylation sites is 2. The van der Waals surface area contributed by atoms with Crippen molar-refractivity contribution in [2.75, 3.05) is 14.1 Å². The number of benzene rings is 1. The van der Waals surface area contributed by atoms with E-state index in [2.05, 4.69) is 0 Å². The average molecular weight is 141 g/mol. The van der Waals surface area contributed by atoms with Gasteiger partial charge in [0.25, 0.3) is 0 Å². The van der Waals surface area contributed by atoms with Crippen LogP contribution in [-0.4, -0.2) is 14.1 Å². The van der Waals surface area contributed by atoms with Crippen molar-refractivity contribution in [1.82, 2.24) is 0 Å². The quantitative estimate of drug-likeness (QED) is 0.624. The molecule has 0 radical (unpaired) electrons. The van der Waals surface area contributed by atoms with Crippen molar-refractivity contribution in [1.29, 1.82) is 0 Å². The molecule has 0 N–H and O–H groups in total. The van der Waals surface area contributed by atoms with E-state index in [1.54, 1.807) is 24.3 Å². The Bertz CT molecular complexity index is 283. The van der Waals surface area contributed by atoms with Crippen molar-refractivity contribution in [2.45, 2.75) is 0 Å². The Balaban J connectivity index is 2.87. The molecular weight excluding hydrogens is 128 g/mol. The fourth-order valence-electron chi connectivity index (χ4n) is 0.703. The molecule has 1 aromatic carbocycles. The minimum Gasteiger partial charge on any atom is -0.493 e. The molecule has 0 aliphatic rings. The molecule has 0 heterocycles. The summed E-state index contributed by atoms with van der Waals surface area (Å²) in [5.74, 6) is 0.642. The molecule has 54 valence electrons. The average Bonchev–Trinajstić information content (AvgIpc) is 2.02. The van der Waals surface area contributed by atoms with E-state index < -0.39 is 7.04 Å². The highest BCUT2D eigenvalue weighted by molar-refractivity contribution is 5.38. The van der Waals surface area contributed by atoms with E-state index in [4.69, 9.17) is 13.6 Å². The molecule has 0 fully saturated rings. The highest BCUT2D eigenvalue weighted by Gasteiger charge is 1.97. The minimum atomic E-state index is -2.44. The highest BCUT2D eigenvalue weighted by Crippen LogP contribution is 2.24. The molecule has 1 aromatic rings. The van der Waals surface area contributed by atoms with Gasteiger partial charge in [0.1, 0.15) is 0 Å². The lowest BCUT2D eigenvalue weighted by Crippen LogP contribution is -1.88. The predicted molar refractivity (Wildman–Crippen MR) is 39.5 cm³/mol. The van der Waals surface area contributed by atoms with Crippen molar-refractivity contribution in [3.05, 3.63) is 24.3 Å². The largest absolute Gasteiger partial charge is 0.493 e. The Kier molecular flexibility index (Phi) is 1.20. The third-order valence-corrected chi connectivity index (χ3v) is 1.18. The lowest BCUT2D eigenvalue weighted by molar-refractivity contribution is 0.355. The molecule has 0 aliphatic carbocycles. The van der Waals surface area contributed by atoms with Crippen molar-refractivity contribution >= 4 is 0 Å². The third-order valence-electron chi connectivity index (χ3n) is 1.18. The molecule has 1 rings (SSSR count). The van der Waals surface area contributed by atoms with Gasteiger partial charge in [-0.25, -0.2) is 0 Å². The summed E-state index contributed by atoms with van der Waals surface area (Å²) in [4.78, 5) is 0. The van der Waals surface area contributed by atoms with Crippen LogP contribution < -0.4 is 9.47 Å². The fourth-order valence-corrected chi connectivity index (χ4v) is 0.703. The number of hydrogen-bond acceptors (Lipinski definition) is 2. The zero-order valence-corrected chi connectivity index (χ0v) is 5.63. The number of methoxy groups -OCH3 is 2. The van der Waals surface area contributed by atoms with Crippen molar-refractivity contribution in [3.63, 3.8) is 0 Å². The van der Waals surface area contributed by atoms with Gasteiger partial charge in [-0.2, -0.15) is 0 Å². The molecular formula is C8H10O2. The molecule has 2 heteroatoms. The van der Waals surface area contributed by atoms with E-state index in [-0.39, 0.29) is 5.75 Å².